The topological polar surface area (TPSA) is 66.8 Å². The van der Waals surface area contributed by atoms with Gasteiger partial charge in [-0.05, 0) is 24.5 Å². The maximum Gasteiger partial charge on any atom is 0.308 e. The third kappa shape index (κ3) is 3.74. The van der Waals surface area contributed by atoms with Crippen molar-refractivity contribution in [3.8, 4) is 5.75 Å². The Bertz CT molecular complexity index is 529. The van der Waals surface area contributed by atoms with Crippen LogP contribution in [0.1, 0.15) is 18.9 Å². The SMILES string of the molecule is Cc1ccccc1OCCC(=O)N1CC(C)C(C(=O)O)C1. The molecule has 0 spiro atoms. The van der Waals surface area contributed by atoms with E-state index in [1.807, 2.05) is 38.1 Å². The fourth-order valence-corrected chi connectivity index (χ4v) is 2.62. The van der Waals surface area contributed by atoms with E-state index in [2.05, 4.69) is 0 Å². The highest BCUT2D eigenvalue weighted by Crippen LogP contribution is 2.24. The van der Waals surface area contributed by atoms with Crippen LogP contribution in [0.15, 0.2) is 24.3 Å². The van der Waals surface area contributed by atoms with Crippen LogP contribution < -0.4 is 4.74 Å². The van der Waals surface area contributed by atoms with Crippen LogP contribution in [-0.2, 0) is 9.59 Å². The van der Waals surface area contributed by atoms with Gasteiger partial charge in [-0.15, -0.1) is 0 Å². The lowest BCUT2D eigenvalue weighted by Gasteiger charge is -2.16. The second-order valence-corrected chi connectivity index (χ2v) is 5.58. The maximum absolute atomic E-state index is 12.1. The van der Waals surface area contributed by atoms with Crippen molar-refractivity contribution in [3.05, 3.63) is 29.8 Å². The monoisotopic (exact) mass is 291 g/mol. The van der Waals surface area contributed by atoms with E-state index in [1.165, 1.54) is 0 Å². The number of amides is 1. The van der Waals surface area contributed by atoms with E-state index in [-0.39, 0.29) is 18.2 Å². The normalized spacial score (nSPS) is 21.3. The Morgan fingerprint density at radius 1 is 1.33 bits per heavy atom. The minimum atomic E-state index is -0.825. The number of carboxylic acids is 1. The van der Waals surface area contributed by atoms with E-state index < -0.39 is 11.9 Å². The lowest BCUT2D eigenvalue weighted by Crippen LogP contribution is -2.30. The molecule has 114 valence electrons. The summed E-state index contributed by atoms with van der Waals surface area (Å²) in [6.45, 7) is 4.96. The van der Waals surface area contributed by atoms with Crippen LogP contribution in [0.25, 0.3) is 0 Å². The molecule has 2 rings (SSSR count). The Morgan fingerprint density at radius 2 is 2.05 bits per heavy atom. The van der Waals surface area contributed by atoms with E-state index >= 15 is 0 Å². The molecule has 1 aliphatic rings. The summed E-state index contributed by atoms with van der Waals surface area (Å²) >= 11 is 0. The Labute approximate surface area is 124 Å². The second kappa shape index (κ2) is 6.61. The molecule has 1 N–H and O–H groups in total. The van der Waals surface area contributed by atoms with Gasteiger partial charge in [0, 0.05) is 13.1 Å². The second-order valence-electron chi connectivity index (χ2n) is 5.58. The van der Waals surface area contributed by atoms with Crippen LogP contribution in [0.2, 0.25) is 0 Å². The lowest BCUT2D eigenvalue weighted by molar-refractivity contribution is -0.142. The number of carbonyl (C=O) groups is 2. The molecule has 0 saturated carbocycles. The quantitative estimate of drug-likeness (QED) is 0.900. The standard InChI is InChI=1S/C16H21NO4/c1-11-5-3-4-6-14(11)21-8-7-15(18)17-9-12(2)13(10-17)16(19)20/h3-6,12-13H,7-10H2,1-2H3,(H,19,20). The van der Waals surface area contributed by atoms with Gasteiger partial charge in [0.1, 0.15) is 5.75 Å². The third-order valence-corrected chi connectivity index (χ3v) is 3.95. The molecule has 0 radical (unpaired) electrons. The summed E-state index contributed by atoms with van der Waals surface area (Å²) in [5.41, 5.74) is 1.03. The van der Waals surface area contributed by atoms with Gasteiger partial charge in [-0.2, -0.15) is 0 Å². The summed E-state index contributed by atoms with van der Waals surface area (Å²) in [6, 6.07) is 7.66. The van der Waals surface area contributed by atoms with Gasteiger partial charge in [0.15, 0.2) is 0 Å². The summed E-state index contributed by atoms with van der Waals surface area (Å²) in [6.07, 6.45) is 0.271. The first-order valence-corrected chi connectivity index (χ1v) is 7.18. The van der Waals surface area contributed by atoms with Gasteiger partial charge in [0.05, 0.1) is 18.9 Å². The third-order valence-electron chi connectivity index (χ3n) is 3.95. The number of benzene rings is 1. The van der Waals surface area contributed by atoms with Crippen LogP contribution in [0, 0.1) is 18.8 Å². The summed E-state index contributed by atoms with van der Waals surface area (Å²) in [4.78, 5) is 24.8. The van der Waals surface area contributed by atoms with Gasteiger partial charge in [0.25, 0.3) is 0 Å². The largest absolute Gasteiger partial charge is 0.493 e. The van der Waals surface area contributed by atoms with E-state index in [0.29, 0.717) is 19.7 Å². The van der Waals surface area contributed by atoms with Crippen molar-refractivity contribution in [3.63, 3.8) is 0 Å². The zero-order valence-corrected chi connectivity index (χ0v) is 12.4. The molecule has 1 saturated heterocycles. The molecule has 5 heteroatoms. The fourth-order valence-electron chi connectivity index (χ4n) is 2.62. The zero-order valence-electron chi connectivity index (χ0n) is 12.4. The van der Waals surface area contributed by atoms with Gasteiger partial charge in [-0.1, -0.05) is 25.1 Å². The number of para-hydroxylation sites is 1. The van der Waals surface area contributed by atoms with E-state index in [1.54, 1.807) is 4.90 Å². The maximum atomic E-state index is 12.1. The molecule has 1 aliphatic heterocycles. The van der Waals surface area contributed by atoms with Crippen molar-refractivity contribution in [1.29, 1.82) is 0 Å². The number of rotatable bonds is 5. The van der Waals surface area contributed by atoms with Crippen LogP contribution in [0.5, 0.6) is 5.75 Å². The van der Waals surface area contributed by atoms with Crippen molar-refractivity contribution in [2.45, 2.75) is 20.3 Å². The predicted molar refractivity (Wildman–Crippen MR) is 78.2 cm³/mol. The first-order chi connectivity index (χ1) is 9.99. The molecule has 1 aromatic rings. The highest BCUT2D eigenvalue weighted by Gasteiger charge is 2.36. The van der Waals surface area contributed by atoms with Gasteiger partial charge in [-0.25, -0.2) is 0 Å². The average molecular weight is 291 g/mol. The predicted octanol–water partition coefficient (Wildman–Crippen LogP) is 1.94. The molecule has 1 heterocycles. The van der Waals surface area contributed by atoms with Gasteiger partial charge in [0.2, 0.25) is 5.91 Å². The van der Waals surface area contributed by atoms with E-state index in [0.717, 1.165) is 11.3 Å². The zero-order chi connectivity index (χ0) is 15.4. The van der Waals surface area contributed by atoms with Crippen molar-refractivity contribution >= 4 is 11.9 Å². The smallest absolute Gasteiger partial charge is 0.308 e. The highest BCUT2D eigenvalue weighted by molar-refractivity contribution is 5.79. The summed E-state index contributed by atoms with van der Waals surface area (Å²) in [5, 5.41) is 9.08. The van der Waals surface area contributed by atoms with Crippen LogP contribution in [0.4, 0.5) is 0 Å². The molecular weight excluding hydrogens is 270 g/mol. The Morgan fingerprint density at radius 3 is 2.67 bits per heavy atom. The summed E-state index contributed by atoms with van der Waals surface area (Å²) < 4.78 is 5.60. The minimum absolute atomic E-state index is 0.00346. The molecule has 0 aromatic heterocycles. The van der Waals surface area contributed by atoms with Crippen LogP contribution >= 0.6 is 0 Å². The molecule has 1 aromatic carbocycles. The van der Waals surface area contributed by atoms with Crippen LogP contribution in [-0.4, -0.2) is 41.6 Å². The number of carboxylic acid groups (broad SMARTS) is 1. The highest BCUT2D eigenvalue weighted by atomic mass is 16.5. The Balaban J connectivity index is 1.81. The van der Waals surface area contributed by atoms with E-state index in [9.17, 15) is 9.59 Å². The minimum Gasteiger partial charge on any atom is -0.493 e. The molecule has 2 unspecified atom stereocenters. The molecule has 1 fully saturated rings. The van der Waals surface area contributed by atoms with Crippen molar-refractivity contribution in [2.75, 3.05) is 19.7 Å². The molecular formula is C16H21NO4. The number of hydrogen-bond donors (Lipinski definition) is 1. The summed E-state index contributed by atoms with van der Waals surface area (Å²) in [7, 11) is 0. The number of aryl methyl sites for hydroxylation is 1. The van der Waals surface area contributed by atoms with Gasteiger partial charge in [-0.3, -0.25) is 9.59 Å². The first kappa shape index (κ1) is 15.4. The number of aliphatic carboxylic acids is 1. The van der Waals surface area contributed by atoms with Crippen molar-refractivity contribution < 1.29 is 19.4 Å². The number of ether oxygens (including phenoxy) is 1. The average Bonchev–Trinajstić information content (AvgIpc) is 2.83. The number of carbonyl (C=O) groups excluding carboxylic acids is 1. The molecule has 2 atom stereocenters. The molecule has 0 aliphatic carbocycles. The number of likely N-dealkylation sites (tertiary alicyclic amines) is 1. The van der Waals surface area contributed by atoms with Crippen molar-refractivity contribution in [2.24, 2.45) is 11.8 Å². The first-order valence-electron chi connectivity index (χ1n) is 7.18. The fraction of sp³-hybridized carbons (Fsp3) is 0.500. The van der Waals surface area contributed by atoms with Gasteiger partial charge >= 0.3 is 5.97 Å². The van der Waals surface area contributed by atoms with Crippen LogP contribution in [0.3, 0.4) is 0 Å². The molecule has 1 amide bonds. The van der Waals surface area contributed by atoms with Gasteiger partial charge < -0.3 is 14.7 Å². The Hall–Kier alpha value is -2.04. The molecule has 0 bridgehead atoms. The number of hydrogen-bond acceptors (Lipinski definition) is 3. The number of nitrogens with zero attached hydrogens (tertiary/aromatic N) is 1. The summed E-state index contributed by atoms with van der Waals surface area (Å²) in [5.74, 6) is -0.536. The molecule has 21 heavy (non-hydrogen) atoms. The Kier molecular flexibility index (Phi) is 4.83. The van der Waals surface area contributed by atoms with Crippen molar-refractivity contribution in [1.82, 2.24) is 4.90 Å². The molecule has 5 nitrogen and oxygen atoms in total. The van der Waals surface area contributed by atoms with E-state index in [4.69, 9.17) is 9.84 Å². The lowest BCUT2D eigenvalue weighted by atomic mass is 9.99.